The summed E-state index contributed by atoms with van der Waals surface area (Å²) in [6.45, 7) is 15.7. The predicted octanol–water partition coefficient (Wildman–Crippen LogP) is 5.25. The highest BCUT2D eigenvalue weighted by molar-refractivity contribution is 14.1. The molecule has 0 bridgehead atoms. The maximum absolute atomic E-state index is 2.43. The molecule has 1 heterocycles. The van der Waals surface area contributed by atoms with Gasteiger partial charge in [0.25, 0.3) is 0 Å². The Morgan fingerprint density at radius 2 is 1.88 bits per heavy atom. The quantitative estimate of drug-likeness (QED) is 0.618. The van der Waals surface area contributed by atoms with E-state index < -0.39 is 0 Å². The molecule has 17 heavy (non-hydrogen) atoms. The molecule has 0 atom stereocenters. The highest BCUT2D eigenvalue weighted by Gasteiger charge is 2.30. The molecule has 0 aromatic rings. The summed E-state index contributed by atoms with van der Waals surface area (Å²) in [6, 6.07) is 0.514. The fourth-order valence-corrected chi connectivity index (χ4v) is 3.13. The molecule has 0 aromatic heterocycles. The molecule has 96 valence electrons. The monoisotopic (exact) mass is 345 g/mol. The van der Waals surface area contributed by atoms with E-state index >= 15 is 0 Å². The first-order chi connectivity index (χ1) is 7.66. The van der Waals surface area contributed by atoms with Gasteiger partial charge in [0, 0.05) is 22.9 Å². The minimum Gasteiger partial charge on any atom is -0.347 e. The van der Waals surface area contributed by atoms with Crippen LogP contribution < -0.4 is 0 Å². The van der Waals surface area contributed by atoms with Crippen molar-refractivity contribution in [2.75, 3.05) is 0 Å². The number of allylic oxidation sites excluding steroid dienone is 6. The van der Waals surface area contributed by atoms with Crippen molar-refractivity contribution in [2.45, 2.75) is 54.5 Å². The van der Waals surface area contributed by atoms with Crippen LogP contribution in [0, 0.1) is 5.41 Å². The summed E-state index contributed by atoms with van der Waals surface area (Å²) in [5.74, 6) is 0. The van der Waals surface area contributed by atoms with Gasteiger partial charge in [0.15, 0.2) is 0 Å². The van der Waals surface area contributed by atoms with E-state index in [-0.39, 0.29) is 5.41 Å². The fraction of sp³-hybridized carbons (Fsp3) is 0.600. The third-order valence-electron chi connectivity index (χ3n) is 3.25. The lowest BCUT2D eigenvalue weighted by atomic mass is 9.79. The smallest absolute Gasteiger partial charge is 0.0279 e. The molecule has 0 saturated carbocycles. The second-order valence-electron chi connectivity index (χ2n) is 5.70. The van der Waals surface area contributed by atoms with Crippen molar-refractivity contribution in [3.8, 4) is 0 Å². The average Bonchev–Trinajstić information content (AvgIpc) is 2.09. The lowest BCUT2D eigenvalue weighted by Crippen LogP contribution is -2.34. The molecule has 0 aliphatic carbocycles. The Morgan fingerprint density at radius 3 is 2.29 bits per heavy atom. The van der Waals surface area contributed by atoms with Gasteiger partial charge in [-0.25, -0.2) is 0 Å². The second kappa shape index (κ2) is 5.17. The average molecular weight is 345 g/mol. The SMILES string of the molecule is CC1=CC(C)(C)C(/C=C(\C)I)=C(C)N1C(C)C. The standard InChI is InChI=1S/C15H24IN/c1-10(2)17-12(4)9-15(6,7)14(13(17)5)8-11(3)16/h8-10H,1-7H3/b11-8+. The van der Waals surface area contributed by atoms with Crippen molar-refractivity contribution in [3.63, 3.8) is 0 Å². The van der Waals surface area contributed by atoms with Crippen molar-refractivity contribution >= 4 is 22.6 Å². The minimum absolute atomic E-state index is 0.131. The first-order valence-electron chi connectivity index (χ1n) is 6.20. The van der Waals surface area contributed by atoms with E-state index in [0.29, 0.717) is 6.04 Å². The molecule has 0 amide bonds. The van der Waals surface area contributed by atoms with Gasteiger partial charge in [0.05, 0.1) is 0 Å². The minimum atomic E-state index is 0.131. The van der Waals surface area contributed by atoms with E-state index in [0.717, 1.165) is 0 Å². The van der Waals surface area contributed by atoms with Crippen LogP contribution in [0.5, 0.6) is 0 Å². The Bertz CT molecular complexity index is 393. The molecule has 1 rings (SSSR count). The van der Waals surface area contributed by atoms with Crippen molar-refractivity contribution in [1.29, 1.82) is 0 Å². The van der Waals surface area contributed by atoms with Crippen LogP contribution in [0.25, 0.3) is 0 Å². The molecule has 1 nitrogen and oxygen atoms in total. The molecule has 0 unspecified atom stereocenters. The molecular weight excluding hydrogens is 321 g/mol. The van der Waals surface area contributed by atoms with Crippen LogP contribution in [0.1, 0.15) is 48.5 Å². The molecule has 0 aromatic carbocycles. The molecule has 1 aliphatic rings. The molecule has 1 aliphatic heterocycles. The normalized spacial score (nSPS) is 21.1. The molecule has 0 saturated heterocycles. The van der Waals surface area contributed by atoms with Gasteiger partial charge in [0.2, 0.25) is 0 Å². The van der Waals surface area contributed by atoms with Crippen molar-refractivity contribution in [1.82, 2.24) is 4.90 Å². The van der Waals surface area contributed by atoms with Gasteiger partial charge in [-0.05, 0) is 72.4 Å². The highest BCUT2D eigenvalue weighted by atomic mass is 127. The van der Waals surface area contributed by atoms with E-state index in [1.807, 2.05) is 0 Å². The Hall–Kier alpha value is -0.250. The third-order valence-corrected chi connectivity index (χ3v) is 3.57. The van der Waals surface area contributed by atoms with Crippen LogP contribution in [0.2, 0.25) is 0 Å². The highest BCUT2D eigenvalue weighted by Crippen LogP contribution is 2.40. The zero-order valence-electron chi connectivity index (χ0n) is 12.1. The van der Waals surface area contributed by atoms with Gasteiger partial charge >= 0.3 is 0 Å². The lowest BCUT2D eigenvalue weighted by Gasteiger charge is -2.41. The summed E-state index contributed by atoms with van der Waals surface area (Å²) < 4.78 is 1.33. The summed E-state index contributed by atoms with van der Waals surface area (Å²) in [5.41, 5.74) is 4.32. The molecule has 2 heteroatoms. The number of nitrogens with zero attached hydrogens (tertiary/aromatic N) is 1. The summed E-state index contributed by atoms with van der Waals surface area (Å²) in [6.07, 6.45) is 4.69. The third kappa shape index (κ3) is 3.15. The van der Waals surface area contributed by atoms with Gasteiger partial charge in [-0.3, -0.25) is 0 Å². The van der Waals surface area contributed by atoms with Crippen LogP contribution in [-0.2, 0) is 0 Å². The van der Waals surface area contributed by atoms with Crippen LogP contribution in [0.4, 0.5) is 0 Å². The Labute approximate surface area is 120 Å². The summed E-state index contributed by atoms with van der Waals surface area (Å²) >= 11 is 2.39. The molecule has 0 radical (unpaired) electrons. The number of halogens is 1. The Morgan fingerprint density at radius 1 is 1.35 bits per heavy atom. The van der Waals surface area contributed by atoms with E-state index in [4.69, 9.17) is 0 Å². The summed E-state index contributed by atoms with van der Waals surface area (Å²) in [5, 5.41) is 0. The van der Waals surface area contributed by atoms with Gasteiger partial charge in [0.1, 0.15) is 0 Å². The molecule has 0 fully saturated rings. The first kappa shape index (κ1) is 14.8. The number of hydrogen-bond acceptors (Lipinski definition) is 1. The van der Waals surface area contributed by atoms with Crippen molar-refractivity contribution in [2.24, 2.45) is 5.41 Å². The lowest BCUT2D eigenvalue weighted by molar-refractivity contribution is 0.323. The maximum atomic E-state index is 2.43. The number of hydrogen-bond donors (Lipinski definition) is 0. The zero-order chi connectivity index (χ0) is 13.4. The van der Waals surface area contributed by atoms with Crippen molar-refractivity contribution in [3.05, 3.63) is 32.7 Å². The van der Waals surface area contributed by atoms with Crippen LogP contribution in [0.3, 0.4) is 0 Å². The van der Waals surface area contributed by atoms with Gasteiger partial charge in [-0.2, -0.15) is 0 Å². The van der Waals surface area contributed by atoms with Crippen molar-refractivity contribution < 1.29 is 0 Å². The van der Waals surface area contributed by atoms with Crippen LogP contribution in [0.15, 0.2) is 32.7 Å². The maximum Gasteiger partial charge on any atom is 0.0279 e. The van der Waals surface area contributed by atoms with E-state index in [1.54, 1.807) is 0 Å². The van der Waals surface area contributed by atoms with Crippen LogP contribution >= 0.6 is 22.6 Å². The fourth-order valence-electron chi connectivity index (χ4n) is 2.81. The summed E-state index contributed by atoms with van der Waals surface area (Å²) in [4.78, 5) is 2.43. The Balaban J connectivity index is 3.35. The topological polar surface area (TPSA) is 3.24 Å². The molecular formula is C15H24IN. The predicted molar refractivity (Wildman–Crippen MR) is 85.0 cm³/mol. The molecule has 0 spiro atoms. The zero-order valence-corrected chi connectivity index (χ0v) is 14.2. The van der Waals surface area contributed by atoms with Gasteiger partial charge in [-0.1, -0.05) is 19.9 Å². The van der Waals surface area contributed by atoms with E-state index in [9.17, 15) is 0 Å². The van der Waals surface area contributed by atoms with E-state index in [1.165, 1.54) is 20.5 Å². The largest absolute Gasteiger partial charge is 0.347 e. The van der Waals surface area contributed by atoms with Gasteiger partial charge in [-0.15, -0.1) is 0 Å². The van der Waals surface area contributed by atoms with Gasteiger partial charge < -0.3 is 4.90 Å². The number of rotatable bonds is 2. The first-order valence-corrected chi connectivity index (χ1v) is 7.28. The second-order valence-corrected chi connectivity index (χ2v) is 7.40. The van der Waals surface area contributed by atoms with Crippen LogP contribution in [-0.4, -0.2) is 10.9 Å². The molecule has 0 N–H and O–H groups in total. The Kier molecular flexibility index (Phi) is 4.50. The summed E-state index contributed by atoms with van der Waals surface area (Å²) in [7, 11) is 0. The van der Waals surface area contributed by atoms with E-state index in [2.05, 4.69) is 88.1 Å².